The molecule has 5 heteroatoms. The van der Waals surface area contributed by atoms with Gasteiger partial charge in [-0.25, -0.2) is 4.79 Å². The summed E-state index contributed by atoms with van der Waals surface area (Å²) in [5.74, 6) is 0.420. The van der Waals surface area contributed by atoms with E-state index in [9.17, 15) is 4.79 Å². The Morgan fingerprint density at radius 2 is 2.11 bits per heavy atom. The van der Waals surface area contributed by atoms with Crippen LogP contribution in [0.2, 0.25) is 0 Å². The number of carbonyl (C=O) groups excluding carboxylic acids is 1. The number of hydrogen-bond donors (Lipinski definition) is 2. The van der Waals surface area contributed by atoms with Gasteiger partial charge in [-0.1, -0.05) is 27.7 Å². The van der Waals surface area contributed by atoms with Crippen LogP contribution in [0.5, 0.6) is 0 Å². The molecule has 112 valence electrons. The molecule has 1 saturated heterocycles. The van der Waals surface area contributed by atoms with Crippen molar-refractivity contribution >= 4 is 17.8 Å². The van der Waals surface area contributed by atoms with Gasteiger partial charge in [0.2, 0.25) is 0 Å². The van der Waals surface area contributed by atoms with Crippen molar-refractivity contribution in [1.29, 1.82) is 0 Å². The molecule has 2 N–H and O–H groups in total. The standard InChI is InChI=1S/C14H28N2O2S/c1-10(19-5)8-15-13(17)16-9-11-6-7-18-12(11)14(2,3)4/h10-12H,6-9H2,1-5H3,(H2,15,16,17)/t10-,11-,12+/m1/s1. The van der Waals surface area contributed by atoms with Crippen LogP contribution in [-0.2, 0) is 4.74 Å². The summed E-state index contributed by atoms with van der Waals surface area (Å²) < 4.78 is 5.80. The fourth-order valence-electron chi connectivity index (χ4n) is 2.41. The van der Waals surface area contributed by atoms with Gasteiger partial charge in [0, 0.05) is 30.9 Å². The first-order valence-corrected chi connectivity index (χ1v) is 8.29. The zero-order valence-corrected chi connectivity index (χ0v) is 13.6. The lowest BCUT2D eigenvalue weighted by molar-refractivity contribution is 0.00775. The molecule has 0 aliphatic carbocycles. The first kappa shape index (κ1) is 16.6. The summed E-state index contributed by atoms with van der Waals surface area (Å²) in [5.41, 5.74) is 0.132. The molecule has 0 unspecified atom stereocenters. The monoisotopic (exact) mass is 288 g/mol. The molecule has 0 aromatic carbocycles. The Morgan fingerprint density at radius 3 is 2.68 bits per heavy atom. The van der Waals surface area contributed by atoms with Crippen LogP contribution in [0.1, 0.15) is 34.1 Å². The Morgan fingerprint density at radius 1 is 1.42 bits per heavy atom. The predicted molar refractivity (Wildman–Crippen MR) is 81.7 cm³/mol. The molecule has 3 atom stereocenters. The van der Waals surface area contributed by atoms with Crippen molar-refractivity contribution in [2.75, 3.05) is 26.0 Å². The molecule has 1 rings (SSSR count). The fraction of sp³-hybridized carbons (Fsp3) is 0.929. The van der Waals surface area contributed by atoms with Crippen molar-refractivity contribution in [1.82, 2.24) is 10.6 Å². The van der Waals surface area contributed by atoms with E-state index in [0.29, 0.717) is 24.3 Å². The van der Waals surface area contributed by atoms with Gasteiger partial charge in [0.05, 0.1) is 6.10 Å². The van der Waals surface area contributed by atoms with Gasteiger partial charge in [0.25, 0.3) is 0 Å². The molecule has 19 heavy (non-hydrogen) atoms. The lowest BCUT2D eigenvalue weighted by Crippen LogP contribution is -2.43. The Kier molecular flexibility index (Phi) is 6.47. The highest BCUT2D eigenvalue weighted by Crippen LogP contribution is 2.34. The van der Waals surface area contributed by atoms with E-state index in [1.54, 1.807) is 11.8 Å². The van der Waals surface area contributed by atoms with Crippen LogP contribution in [0, 0.1) is 11.3 Å². The topological polar surface area (TPSA) is 50.4 Å². The third kappa shape index (κ3) is 5.61. The van der Waals surface area contributed by atoms with Gasteiger partial charge in [-0.2, -0.15) is 11.8 Å². The minimum absolute atomic E-state index is 0.0690. The summed E-state index contributed by atoms with van der Waals surface area (Å²) in [4.78, 5) is 11.7. The Hall–Kier alpha value is -0.420. The quantitative estimate of drug-likeness (QED) is 0.817. The van der Waals surface area contributed by atoms with Gasteiger partial charge >= 0.3 is 6.03 Å². The van der Waals surface area contributed by atoms with E-state index in [1.165, 1.54) is 0 Å². The van der Waals surface area contributed by atoms with Gasteiger partial charge in [0.15, 0.2) is 0 Å². The molecule has 0 aromatic rings. The zero-order valence-electron chi connectivity index (χ0n) is 12.8. The first-order valence-electron chi connectivity index (χ1n) is 7.00. The lowest BCUT2D eigenvalue weighted by Gasteiger charge is -2.31. The lowest BCUT2D eigenvalue weighted by atomic mass is 9.81. The number of urea groups is 1. The van der Waals surface area contributed by atoms with Gasteiger partial charge in [0.1, 0.15) is 0 Å². The predicted octanol–water partition coefficient (Wildman–Crippen LogP) is 2.49. The number of ether oxygens (including phenoxy) is 1. The molecule has 1 heterocycles. The normalized spacial score (nSPS) is 25.1. The number of hydrogen-bond acceptors (Lipinski definition) is 3. The molecule has 1 aliphatic heterocycles. The Balaban J connectivity index is 2.30. The molecule has 0 saturated carbocycles. The summed E-state index contributed by atoms with van der Waals surface area (Å²) in [6.07, 6.45) is 3.32. The highest BCUT2D eigenvalue weighted by molar-refractivity contribution is 7.99. The zero-order chi connectivity index (χ0) is 14.5. The van der Waals surface area contributed by atoms with E-state index < -0.39 is 0 Å². The molecular formula is C14H28N2O2S. The highest BCUT2D eigenvalue weighted by atomic mass is 32.2. The average Bonchev–Trinajstić information content (AvgIpc) is 2.81. The first-order chi connectivity index (χ1) is 8.84. The van der Waals surface area contributed by atoms with Crippen LogP contribution in [0.4, 0.5) is 4.79 Å². The van der Waals surface area contributed by atoms with Crippen LogP contribution < -0.4 is 10.6 Å². The number of carbonyl (C=O) groups is 1. The molecule has 1 fully saturated rings. The van der Waals surface area contributed by atoms with E-state index in [2.05, 4.69) is 38.3 Å². The smallest absolute Gasteiger partial charge is 0.314 e. The minimum Gasteiger partial charge on any atom is -0.377 e. The molecule has 0 aromatic heterocycles. The summed E-state index contributed by atoms with van der Waals surface area (Å²) >= 11 is 1.75. The van der Waals surface area contributed by atoms with Crippen molar-refractivity contribution in [2.24, 2.45) is 11.3 Å². The summed E-state index contributed by atoms with van der Waals surface area (Å²) in [7, 11) is 0. The summed E-state index contributed by atoms with van der Waals surface area (Å²) in [6, 6.07) is -0.0690. The molecule has 0 spiro atoms. The van der Waals surface area contributed by atoms with E-state index in [4.69, 9.17) is 4.74 Å². The molecule has 0 bridgehead atoms. The maximum atomic E-state index is 11.7. The third-order valence-corrected chi connectivity index (χ3v) is 4.52. The summed E-state index contributed by atoms with van der Waals surface area (Å²) in [6.45, 7) is 10.9. The second kappa shape index (κ2) is 7.39. The largest absolute Gasteiger partial charge is 0.377 e. The SMILES string of the molecule is CS[C@H](C)CNC(=O)NC[C@H]1CCO[C@@H]1C(C)(C)C. The van der Waals surface area contributed by atoms with Crippen LogP contribution in [0.3, 0.4) is 0 Å². The average molecular weight is 288 g/mol. The van der Waals surface area contributed by atoms with E-state index >= 15 is 0 Å². The maximum Gasteiger partial charge on any atom is 0.314 e. The number of amides is 2. The van der Waals surface area contributed by atoms with Crippen molar-refractivity contribution in [3.63, 3.8) is 0 Å². The molecule has 4 nitrogen and oxygen atoms in total. The maximum absolute atomic E-state index is 11.7. The van der Waals surface area contributed by atoms with Crippen LogP contribution in [-0.4, -0.2) is 43.3 Å². The molecule has 2 amide bonds. The van der Waals surface area contributed by atoms with E-state index in [0.717, 1.165) is 13.0 Å². The third-order valence-electron chi connectivity index (χ3n) is 3.55. The van der Waals surface area contributed by atoms with Crippen LogP contribution in [0.25, 0.3) is 0 Å². The molecule has 0 radical (unpaired) electrons. The van der Waals surface area contributed by atoms with Crippen LogP contribution in [0.15, 0.2) is 0 Å². The van der Waals surface area contributed by atoms with E-state index in [-0.39, 0.29) is 17.6 Å². The molecule has 1 aliphatic rings. The minimum atomic E-state index is -0.0690. The fourth-order valence-corrected chi connectivity index (χ4v) is 2.66. The van der Waals surface area contributed by atoms with Crippen molar-refractivity contribution in [3.05, 3.63) is 0 Å². The van der Waals surface area contributed by atoms with Gasteiger partial charge in [-0.05, 0) is 18.1 Å². The van der Waals surface area contributed by atoms with Crippen molar-refractivity contribution in [3.8, 4) is 0 Å². The van der Waals surface area contributed by atoms with Crippen molar-refractivity contribution < 1.29 is 9.53 Å². The van der Waals surface area contributed by atoms with Gasteiger partial charge in [-0.15, -0.1) is 0 Å². The Bertz CT molecular complexity index is 292. The van der Waals surface area contributed by atoms with E-state index in [1.807, 2.05) is 6.26 Å². The molecular weight excluding hydrogens is 260 g/mol. The Labute approximate surface area is 121 Å². The highest BCUT2D eigenvalue weighted by Gasteiger charge is 2.37. The van der Waals surface area contributed by atoms with Gasteiger partial charge in [-0.3, -0.25) is 0 Å². The summed E-state index contributed by atoms with van der Waals surface area (Å²) in [5, 5.41) is 6.31. The van der Waals surface area contributed by atoms with Gasteiger partial charge < -0.3 is 15.4 Å². The van der Waals surface area contributed by atoms with Crippen molar-refractivity contribution in [2.45, 2.75) is 45.5 Å². The second-order valence-electron chi connectivity index (χ2n) is 6.34. The number of nitrogens with one attached hydrogen (secondary N) is 2. The number of thioether (sulfide) groups is 1. The second-order valence-corrected chi connectivity index (χ2v) is 7.62. The number of rotatable bonds is 5. The van der Waals surface area contributed by atoms with Crippen LogP contribution >= 0.6 is 11.8 Å².